The summed E-state index contributed by atoms with van der Waals surface area (Å²) in [6.45, 7) is 2.24. The molecule has 0 spiro atoms. The zero-order chi connectivity index (χ0) is 14.5. The summed E-state index contributed by atoms with van der Waals surface area (Å²) < 4.78 is 1.92. The van der Waals surface area contributed by atoms with Crippen LogP contribution in [0.2, 0.25) is 0 Å². The topological polar surface area (TPSA) is 59.0 Å². The van der Waals surface area contributed by atoms with Crippen molar-refractivity contribution in [1.82, 2.24) is 20.4 Å². The number of benzene rings is 1. The summed E-state index contributed by atoms with van der Waals surface area (Å²) in [7, 11) is 0. The van der Waals surface area contributed by atoms with Crippen LogP contribution in [0, 0.1) is 0 Å². The molecule has 1 saturated heterocycles. The van der Waals surface area contributed by atoms with Crippen LogP contribution in [0.5, 0.6) is 0 Å². The number of rotatable bonds is 5. The highest BCUT2D eigenvalue weighted by Gasteiger charge is 2.20. The van der Waals surface area contributed by atoms with Gasteiger partial charge in [-0.15, -0.1) is 0 Å². The molecule has 1 atom stereocenters. The van der Waals surface area contributed by atoms with Gasteiger partial charge in [0.15, 0.2) is 0 Å². The molecule has 1 aliphatic heterocycles. The Morgan fingerprint density at radius 2 is 2.14 bits per heavy atom. The molecule has 2 heterocycles. The van der Waals surface area contributed by atoms with Gasteiger partial charge in [-0.3, -0.25) is 9.48 Å². The van der Waals surface area contributed by atoms with E-state index in [2.05, 4.69) is 27.9 Å². The summed E-state index contributed by atoms with van der Waals surface area (Å²) in [4.78, 5) is 11.7. The first-order valence-corrected chi connectivity index (χ1v) is 7.37. The second-order valence-electron chi connectivity index (χ2n) is 5.40. The lowest BCUT2D eigenvalue weighted by Gasteiger charge is -2.22. The Labute approximate surface area is 124 Å². The second-order valence-corrected chi connectivity index (χ2v) is 5.40. The standard InChI is InChI=1S/C16H20N4O/c21-16-15(7-4-8-17-16)18-9-14-10-19-20(12-14)11-13-5-2-1-3-6-13/h1-3,5-6,10,12,15,18H,4,7-9,11H2,(H,17,21). The van der Waals surface area contributed by atoms with E-state index in [1.165, 1.54) is 5.56 Å². The molecule has 1 unspecified atom stereocenters. The number of piperidine rings is 1. The van der Waals surface area contributed by atoms with Crippen LogP contribution in [0.25, 0.3) is 0 Å². The lowest BCUT2D eigenvalue weighted by Crippen LogP contribution is -2.47. The first-order chi connectivity index (χ1) is 10.3. The van der Waals surface area contributed by atoms with Crippen molar-refractivity contribution in [3.05, 3.63) is 53.9 Å². The molecular weight excluding hydrogens is 264 g/mol. The molecule has 1 amide bonds. The molecule has 0 bridgehead atoms. The van der Waals surface area contributed by atoms with E-state index in [0.29, 0.717) is 6.54 Å². The summed E-state index contributed by atoms with van der Waals surface area (Å²) in [5, 5.41) is 10.6. The van der Waals surface area contributed by atoms with Gasteiger partial charge in [-0.2, -0.15) is 5.10 Å². The Balaban J connectivity index is 1.54. The van der Waals surface area contributed by atoms with Crippen molar-refractivity contribution in [2.24, 2.45) is 0 Å². The third-order valence-electron chi connectivity index (χ3n) is 3.71. The number of hydrogen-bond donors (Lipinski definition) is 2. The van der Waals surface area contributed by atoms with Gasteiger partial charge in [0.05, 0.1) is 18.8 Å². The number of nitrogens with zero attached hydrogens (tertiary/aromatic N) is 2. The van der Waals surface area contributed by atoms with Crippen molar-refractivity contribution in [1.29, 1.82) is 0 Å². The van der Waals surface area contributed by atoms with Gasteiger partial charge in [0.2, 0.25) is 5.91 Å². The van der Waals surface area contributed by atoms with Gasteiger partial charge in [-0.1, -0.05) is 30.3 Å². The first kappa shape index (κ1) is 13.8. The summed E-state index contributed by atoms with van der Waals surface area (Å²) in [6.07, 6.45) is 5.83. The highest BCUT2D eigenvalue weighted by molar-refractivity contribution is 5.82. The van der Waals surface area contributed by atoms with Gasteiger partial charge in [-0.25, -0.2) is 0 Å². The third-order valence-corrected chi connectivity index (χ3v) is 3.71. The number of carbonyl (C=O) groups excluding carboxylic acids is 1. The van der Waals surface area contributed by atoms with Crippen molar-refractivity contribution >= 4 is 5.91 Å². The molecule has 0 radical (unpaired) electrons. The van der Waals surface area contributed by atoms with E-state index < -0.39 is 0 Å². The summed E-state index contributed by atoms with van der Waals surface area (Å²) in [6, 6.07) is 10.2. The minimum Gasteiger partial charge on any atom is -0.355 e. The minimum absolute atomic E-state index is 0.0729. The summed E-state index contributed by atoms with van der Waals surface area (Å²) in [5.74, 6) is 0.109. The Morgan fingerprint density at radius 3 is 2.95 bits per heavy atom. The summed E-state index contributed by atoms with van der Waals surface area (Å²) >= 11 is 0. The average molecular weight is 284 g/mol. The molecule has 2 N–H and O–H groups in total. The van der Waals surface area contributed by atoms with Crippen LogP contribution in [0.1, 0.15) is 24.0 Å². The molecule has 1 aromatic heterocycles. The molecule has 3 rings (SSSR count). The van der Waals surface area contributed by atoms with Crippen molar-refractivity contribution in [2.45, 2.75) is 32.0 Å². The molecule has 0 aliphatic carbocycles. The number of nitrogens with one attached hydrogen (secondary N) is 2. The van der Waals surface area contributed by atoms with Crippen molar-refractivity contribution in [2.75, 3.05) is 6.54 Å². The van der Waals surface area contributed by atoms with E-state index in [0.717, 1.165) is 31.5 Å². The Bertz CT molecular complexity index is 593. The van der Waals surface area contributed by atoms with E-state index in [4.69, 9.17) is 0 Å². The fourth-order valence-corrected chi connectivity index (χ4v) is 2.56. The van der Waals surface area contributed by atoms with Crippen LogP contribution >= 0.6 is 0 Å². The van der Waals surface area contributed by atoms with Crippen LogP contribution < -0.4 is 10.6 Å². The van der Waals surface area contributed by atoms with Crippen molar-refractivity contribution in [3.63, 3.8) is 0 Å². The summed E-state index contributed by atoms with van der Waals surface area (Å²) in [5.41, 5.74) is 2.33. The smallest absolute Gasteiger partial charge is 0.237 e. The molecule has 1 fully saturated rings. The predicted molar refractivity (Wildman–Crippen MR) is 80.6 cm³/mol. The number of carbonyl (C=O) groups is 1. The van der Waals surface area contributed by atoms with E-state index >= 15 is 0 Å². The van der Waals surface area contributed by atoms with E-state index in [1.54, 1.807) is 0 Å². The van der Waals surface area contributed by atoms with Gasteiger partial charge < -0.3 is 10.6 Å². The predicted octanol–water partition coefficient (Wildman–Crippen LogP) is 1.30. The van der Waals surface area contributed by atoms with Crippen LogP contribution in [0.3, 0.4) is 0 Å². The maximum absolute atomic E-state index is 11.7. The maximum Gasteiger partial charge on any atom is 0.237 e. The lowest BCUT2D eigenvalue weighted by atomic mass is 10.1. The van der Waals surface area contributed by atoms with Crippen LogP contribution in [-0.2, 0) is 17.9 Å². The Hall–Kier alpha value is -2.14. The normalized spacial score (nSPS) is 18.5. The monoisotopic (exact) mass is 284 g/mol. The molecule has 2 aromatic rings. The van der Waals surface area contributed by atoms with Gasteiger partial charge in [-0.05, 0) is 18.4 Å². The fourth-order valence-electron chi connectivity index (χ4n) is 2.56. The number of amides is 1. The third kappa shape index (κ3) is 3.70. The minimum atomic E-state index is -0.0729. The molecule has 21 heavy (non-hydrogen) atoms. The molecule has 1 aromatic carbocycles. The average Bonchev–Trinajstić information content (AvgIpc) is 2.95. The SMILES string of the molecule is O=C1NCCCC1NCc1cnn(Cc2ccccc2)c1. The Morgan fingerprint density at radius 1 is 1.29 bits per heavy atom. The molecule has 110 valence electrons. The zero-order valence-corrected chi connectivity index (χ0v) is 12.0. The first-order valence-electron chi connectivity index (χ1n) is 7.37. The quantitative estimate of drug-likeness (QED) is 0.870. The van der Waals surface area contributed by atoms with E-state index in [9.17, 15) is 4.79 Å². The molecule has 5 heteroatoms. The van der Waals surface area contributed by atoms with E-state index in [1.807, 2.05) is 35.3 Å². The van der Waals surface area contributed by atoms with Crippen LogP contribution in [0.4, 0.5) is 0 Å². The second kappa shape index (κ2) is 6.54. The van der Waals surface area contributed by atoms with Crippen LogP contribution in [-0.4, -0.2) is 28.3 Å². The van der Waals surface area contributed by atoms with Gasteiger partial charge >= 0.3 is 0 Å². The van der Waals surface area contributed by atoms with E-state index in [-0.39, 0.29) is 11.9 Å². The zero-order valence-electron chi connectivity index (χ0n) is 12.0. The van der Waals surface area contributed by atoms with Gasteiger partial charge in [0, 0.05) is 24.8 Å². The fraction of sp³-hybridized carbons (Fsp3) is 0.375. The Kier molecular flexibility index (Phi) is 4.31. The van der Waals surface area contributed by atoms with Gasteiger partial charge in [0.25, 0.3) is 0 Å². The number of aromatic nitrogens is 2. The molecule has 5 nitrogen and oxygen atoms in total. The largest absolute Gasteiger partial charge is 0.355 e. The highest BCUT2D eigenvalue weighted by atomic mass is 16.2. The van der Waals surface area contributed by atoms with Crippen LogP contribution in [0.15, 0.2) is 42.7 Å². The lowest BCUT2D eigenvalue weighted by molar-refractivity contribution is -0.124. The van der Waals surface area contributed by atoms with Gasteiger partial charge in [0.1, 0.15) is 0 Å². The number of hydrogen-bond acceptors (Lipinski definition) is 3. The highest BCUT2D eigenvalue weighted by Crippen LogP contribution is 2.06. The van der Waals surface area contributed by atoms with Crippen molar-refractivity contribution in [3.8, 4) is 0 Å². The molecular formula is C16H20N4O. The maximum atomic E-state index is 11.7. The molecule has 0 saturated carbocycles. The molecule has 1 aliphatic rings. The van der Waals surface area contributed by atoms with Crippen molar-refractivity contribution < 1.29 is 4.79 Å².